The van der Waals surface area contributed by atoms with Crippen molar-refractivity contribution in [3.05, 3.63) is 0 Å². The molecule has 3 saturated carbocycles. The molecule has 3 rings (SSSR count). The van der Waals surface area contributed by atoms with E-state index in [9.17, 15) is 0 Å². The molecule has 2 unspecified atom stereocenters. The van der Waals surface area contributed by atoms with E-state index in [0.29, 0.717) is 6.04 Å². The Hall–Kier alpha value is -0.0400. The van der Waals surface area contributed by atoms with Gasteiger partial charge in [-0.25, -0.2) is 0 Å². The largest absolute Gasteiger partial charge is 0.327 e. The molecule has 0 aromatic heterocycles. The lowest BCUT2D eigenvalue weighted by Crippen LogP contribution is -2.34. The summed E-state index contributed by atoms with van der Waals surface area (Å²) in [6, 6.07) is 0.601. The van der Waals surface area contributed by atoms with Crippen molar-refractivity contribution in [1.29, 1.82) is 0 Å². The minimum Gasteiger partial charge on any atom is -0.327 e. The molecule has 1 heteroatoms. The second kappa shape index (κ2) is 1.58. The van der Waals surface area contributed by atoms with Crippen molar-refractivity contribution in [2.24, 2.45) is 29.4 Å². The zero-order valence-corrected chi connectivity index (χ0v) is 6.29. The van der Waals surface area contributed by atoms with Crippen LogP contribution in [0.1, 0.15) is 25.7 Å². The summed E-state index contributed by atoms with van der Waals surface area (Å²) in [7, 11) is 0. The summed E-state index contributed by atoms with van der Waals surface area (Å²) in [6.07, 6.45) is 5.91. The van der Waals surface area contributed by atoms with Gasteiger partial charge in [-0.05, 0) is 49.4 Å². The highest BCUT2D eigenvalue weighted by Crippen LogP contribution is 2.58. The molecule has 1 nitrogen and oxygen atoms in total. The van der Waals surface area contributed by atoms with Gasteiger partial charge in [0.05, 0.1) is 0 Å². The molecule has 10 heavy (non-hydrogen) atoms. The average Bonchev–Trinajstić information content (AvgIpc) is 2.43. The average molecular weight is 137 g/mol. The first-order valence-electron chi connectivity index (χ1n) is 4.62. The topological polar surface area (TPSA) is 26.0 Å². The van der Waals surface area contributed by atoms with Gasteiger partial charge in [0.15, 0.2) is 0 Å². The zero-order valence-electron chi connectivity index (χ0n) is 6.29. The second-order valence-electron chi connectivity index (χ2n) is 4.47. The van der Waals surface area contributed by atoms with Crippen LogP contribution in [-0.2, 0) is 0 Å². The number of hydrogen-bond acceptors (Lipinski definition) is 1. The van der Waals surface area contributed by atoms with Gasteiger partial charge in [0.25, 0.3) is 0 Å². The molecule has 2 N–H and O–H groups in total. The first-order chi connectivity index (χ1) is 4.86. The Kier molecular flexibility index (Phi) is 0.883. The van der Waals surface area contributed by atoms with E-state index >= 15 is 0 Å². The SMILES string of the molecule is N[C@H]1C2CC3[C@@H](CC[C@@H]31)C2. The van der Waals surface area contributed by atoms with Crippen molar-refractivity contribution in [2.45, 2.75) is 31.7 Å². The van der Waals surface area contributed by atoms with E-state index in [2.05, 4.69) is 0 Å². The Morgan fingerprint density at radius 1 is 0.900 bits per heavy atom. The summed E-state index contributed by atoms with van der Waals surface area (Å²) < 4.78 is 0. The summed E-state index contributed by atoms with van der Waals surface area (Å²) in [5, 5.41) is 0. The molecule has 56 valence electrons. The van der Waals surface area contributed by atoms with E-state index in [-0.39, 0.29) is 0 Å². The van der Waals surface area contributed by atoms with Crippen LogP contribution in [0.2, 0.25) is 0 Å². The maximum absolute atomic E-state index is 6.10. The van der Waals surface area contributed by atoms with Crippen LogP contribution >= 0.6 is 0 Å². The fourth-order valence-electron chi connectivity index (χ4n) is 3.82. The predicted molar refractivity (Wildman–Crippen MR) is 40.4 cm³/mol. The molecule has 3 fully saturated rings. The highest BCUT2D eigenvalue weighted by Gasteiger charge is 2.54. The monoisotopic (exact) mass is 137 g/mol. The molecule has 5 atom stereocenters. The summed E-state index contributed by atoms with van der Waals surface area (Å²) >= 11 is 0. The van der Waals surface area contributed by atoms with Crippen LogP contribution < -0.4 is 5.73 Å². The number of hydrogen-bond donors (Lipinski definition) is 1. The van der Waals surface area contributed by atoms with Crippen LogP contribution in [-0.4, -0.2) is 6.04 Å². The van der Waals surface area contributed by atoms with Gasteiger partial charge in [-0.15, -0.1) is 0 Å². The maximum Gasteiger partial charge on any atom is 0.00985 e. The summed E-state index contributed by atoms with van der Waals surface area (Å²) in [4.78, 5) is 0. The van der Waals surface area contributed by atoms with Crippen molar-refractivity contribution in [3.8, 4) is 0 Å². The molecule has 0 saturated heterocycles. The lowest BCUT2D eigenvalue weighted by atomic mass is 9.85. The molecule has 2 bridgehead atoms. The molecule has 3 aliphatic carbocycles. The van der Waals surface area contributed by atoms with Gasteiger partial charge in [0.1, 0.15) is 0 Å². The van der Waals surface area contributed by atoms with Gasteiger partial charge in [0.2, 0.25) is 0 Å². The van der Waals surface area contributed by atoms with E-state index in [0.717, 1.165) is 23.7 Å². The Morgan fingerprint density at radius 2 is 1.80 bits per heavy atom. The maximum atomic E-state index is 6.10. The molecule has 3 aliphatic rings. The smallest absolute Gasteiger partial charge is 0.00985 e. The minimum atomic E-state index is 0.601. The number of fused-ring (bicyclic) bond motifs is 1. The quantitative estimate of drug-likeness (QED) is 0.536. The van der Waals surface area contributed by atoms with E-state index in [4.69, 9.17) is 5.73 Å². The van der Waals surface area contributed by atoms with Crippen LogP contribution in [0.25, 0.3) is 0 Å². The fourth-order valence-corrected chi connectivity index (χ4v) is 3.82. The van der Waals surface area contributed by atoms with E-state index in [1.54, 1.807) is 0 Å². The van der Waals surface area contributed by atoms with Crippen LogP contribution in [0, 0.1) is 23.7 Å². The Balaban J connectivity index is 2.00. The van der Waals surface area contributed by atoms with E-state index in [1.165, 1.54) is 25.7 Å². The first-order valence-corrected chi connectivity index (χ1v) is 4.62. The Morgan fingerprint density at radius 3 is 2.50 bits per heavy atom. The highest BCUT2D eigenvalue weighted by molar-refractivity contribution is 5.06. The fraction of sp³-hybridized carbons (Fsp3) is 1.00. The van der Waals surface area contributed by atoms with Crippen LogP contribution in [0.4, 0.5) is 0 Å². The van der Waals surface area contributed by atoms with Gasteiger partial charge >= 0.3 is 0 Å². The normalized spacial score (nSPS) is 63.9. The third kappa shape index (κ3) is 0.460. The number of nitrogens with two attached hydrogens (primary N) is 1. The third-order valence-corrected chi connectivity index (χ3v) is 4.25. The van der Waals surface area contributed by atoms with E-state index in [1.807, 2.05) is 0 Å². The molecule has 0 aliphatic heterocycles. The lowest BCUT2D eigenvalue weighted by Gasteiger charge is -2.24. The van der Waals surface area contributed by atoms with Gasteiger partial charge in [0, 0.05) is 6.04 Å². The molecule has 0 heterocycles. The second-order valence-corrected chi connectivity index (χ2v) is 4.47. The molecular weight excluding hydrogens is 122 g/mol. The van der Waals surface area contributed by atoms with Crippen molar-refractivity contribution in [3.63, 3.8) is 0 Å². The molecule has 0 spiro atoms. The van der Waals surface area contributed by atoms with Crippen molar-refractivity contribution >= 4 is 0 Å². The molecule has 0 aromatic rings. The number of rotatable bonds is 0. The van der Waals surface area contributed by atoms with E-state index < -0.39 is 0 Å². The summed E-state index contributed by atoms with van der Waals surface area (Å²) in [6.45, 7) is 0. The summed E-state index contributed by atoms with van der Waals surface area (Å²) in [5.74, 6) is 4.06. The zero-order chi connectivity index (χ0) is 6.72. The molecule has 0 aromatic carbocycles. The summed E-state index contributed by atoms with van der Waals surface area (Å²) in [5.41, 5.74) is 6.10. The predicted octanol–water partition coefficient (Wildman–Crippen LogP) is 1.38. The first kappa shape index (κ1) is 5.59. The molecular formula is C9H15N. The molecule has 0 radical (unpaired) electrons. The molecule has 0 amide bonds. The van der Waals surface area contributed by atoms with Crippen LogP contribution in [0.5, 0.6) is 0 Å². The minimum absolute atomic E-state index is 0.601. The Bertz CT molecular complexity index is 164. The van der Waals surface area contributed by atoms with Crippen molar-refractivity contribution in [1.82, 2.24) is 0 Å². The standard InChI is InChI=1S/C9H15N/c10-9-6-3-5-1-2-7(9)8(5)4-6/h5-9H,1-4,10H2/t5-,6?,7-,8?,9-/m0/s1. The lowest BCUT2D eigenvalue weighted by molar-refractivity contribution is 0.293. The van der Waals surface area contributed by atoms with Gasteiger partial charge in [-0.1, -0.05) is 0 Å². The van der Waals surface area contributed by atoms with Crippen LogP contribution in [0.15, 0.2) is 0 Å². The van der Waals surface area contributed by atoms with Gasteiger partial charge < -0.3 is 5.73 Å². The Labute approximate surface area is 62.0 Å². The van der Waals surface area contributed by atoms with Gasteiger partial charge in [-0.3, -0.25) is 0 Å². The van der Waals surface area contributed by atoms with Gasteiger partial charge in [-0.2, -0.15) is 0 Å². The van der Waals surface area contributed by atoms with Crippen molar-refractivity contribution in [2.75, 3.05) is 0 Å². The van der Waals surface area contributed by atoms with Crippen LogP contribution in [0.3, 0.4) is 0 Å². The third-order valence-electron chi connectivity index (χ3n) is 4.25. The highest BCUT2D eigenvalue weighted by atomic mass is 14.8. The van der Waals surface area contributed by atoms with Crippen molar-refractivity contribution < 1.29 is 0 Å².